The maximum absolute atomic E-state index is 12.8. The molecule has 0 radical (unpaired) electrons. The average molecular weight is 419 g/mol. The summed E-state index contributed by atoms with van der Waals surface area (Å²) in [7, 11) is 0. The van der Waals surface area contributed by atoms with E-state index in [1.807, 2.05) is 32.0 Å². The SMILES string of the molecule is Cc1ccc(C)n1-c1ccc(Cl)c(C(=O)Nc2ccc(Oc3ncccn3)cc2)c1. The average Bonchev–Trinajstić information content (AvgIpc) is 3.09. The van der Waals surface area contributed by atoms with Crippen LogP contribution in [0, 0.1) is 13.8 Å². The third-order valence-electron chi connectivity index (χ3n) is 4.59. The van der Waals surface area contributed by atoms with Gasteiger partial charge in [-0.1, -0.05) is 11.6 Å². The first-order chi connectivity index (χ1) is 14.5. The number of carbonyl (C=O) groups excluding carboxylic acids is 1. The lowest BCUT2D eigenvalue weighted by Gasteiger charge is -2.13. The standard InChI is InChI=1S/C23H19ClN4O2/c1-15-4-5-16(2)28(15)18-8-11-21(24)20(14-18)22(29)27-17-6-9-19(10-7-17)30-23-25-12-3-13-26-23/h3-14H,1-2H3,(H,27,29). The van der Waals surface area contributed by atoms with Crippen LogP contribution in [0.25, 0.3) is 5.69 Å². The van der Waals surface area contributed by atoms with Gasteiger partial charge in [-0.05, 0) is 74.5 Å². The Kier molecular flexibility index (Phi) is 5.50. The lowest BCUT2D eigenvalue weighted by Crippen LogP contribution is -2.13. The summed E-state index contributed by atoms with van der Waals surface area (Å²) in [5, 5.41) is 3.26. The van der Waals surface area contributed by atoms with Crippen molar-refractivity contribution in [3.8, 4) is 17.4 Å². The molecule has 4 aromatic rings. The van der Waals surface area contributed by atoms with Crippen LogP contribution < -0.4 is 10.1 Å². The molecule has 0 saturated carbocycles. The molecule has 2 aromatic carbocycles. The van der Waals surface area contributed by atoms with Crippen molar-refractivity contribution >= 4 is 23.2 Å². The van der Waals surface area contributed by atoms with E-state index in [4.69, 9.17) is 16.3 Å². The second-order valence-corrected chi connectivity index (χ2v) is 7.13. The van der Waals surface area contributed by atoms with Crippen LogP contribution in [-0.4, -0.2) is 20.4 Å². The van der Waals surface area contributed by atoms with E-state index in [1.165, 1.54) is 0 Å². The maximum Gasteiger partial charge on any atom is 0.321 e. The first-order valence-corrected chi connectivity index (χ1v) is 9.70. The number of nitrogens with one attached hydrogen (secondary N) is 1. The van der Waals surface area contributed by atoms with Gasteiger partial charge in [0.05, 0.1) is 10.6 Å². The Morgan fingerprint density at radius 2 is 1.63 bits per heavy atom. The number of aromatic nitrogens is 3. The molecule has 6 nitrogen and oxygen atoms in total. The van der Waals surface area contributed by atoms with E-state index in [9.17, 15) is 4.79 Å². The Labute approximate surface area is 179 Å². The van der Waals surface area contributed by atoms with Gasteiger partial charge in [-0.25, -0.2) is 9.97 Å². The number of ether oxygens (including phenoxy) is 1. The summed E-state index contributed by atoms with van der Waals surface area (Å²) in [6.45, 7) is 4.04. The van der Waals surface area contributed by atoms with Crippen molar-refractivity contribution in [1.82, 2.24) is 14.5 Å². The second-order valence-electron chi connectivity index (χ2n) is 6.73. The van der Waals surface area contributed by atoms with Crippen molar-refractivity contribution in [2.75, 3.05) is 5.32 Å². The molecule has 0 atom stereocenters. The summed E-state index contributed by atoms with van der Waals surface area (Å²) in [5.41, 5.74) is 4.07. The zero-order valence-electron chi connectivity index (χ0n) is 16.5. The van der Waals surface area contributed by atoms with Gasteiger partial charge in [0.15, 0.2) is 0 Å². The minimum absolute atomic E-state index is 0.258. The lowest BCUT2D eigenvalue weighted by molar-refractivity contribution is 0.102. The summed E-state index contributed by atoms with van der Waals surface area (Å²) in [6.07, 6.45) is 3.21. The number of hydrogen-bond acceptors (Lipinski definition) is 4. The van der Waals surface area contributed by atoms with E-state index in [2.05, 4.69) is 19.9 Å². The van der Waals surface area contributed by atoms with Crippen molar-refractivity contribution in [2.45, 2.75) is 13.8 Å². The second kappa shape index (κ2) is 8.39. The molecule has 0 aliphatic heterocycles. The molecule has 4 rings (SSSR count). The van der Waals surface area contributed by atoms with Gasteiger partial charge >= 0.3 is 6.01 Å². The van der Waals surface area contributed by atoms with Crippen molar-refractivity contribution in [3.63, 3.8) is 0 Å². The first kappa shape index (κ1) is 19.7. The van der Waals surface area contributed by atoms with E-state index in [0.29, 0.717) is 22.0 Å². The molecule has 0 spiro atoms. The van der Waals surface area contributed by atoms with Crippen LogP contribution in [0.3, 0.4) is 0 Å². The highest BCUT2D eigenvalue weighted by Crippen LogP contribution is 2.25. The fraction of sp³-hybridized carbons (Fsp3) is 0.0870. The van der Waals surface area contributed by atoms with Crippen LogP contribution in [0.1, 0.15) is 21.7 Å². The molecule has 150 valence electrons. The fourth-order valence-electron chi connectivity index (χ4n) is 3.15. The number of aryl methyl sites for hydroxylation is 2. The fourth-order valence-corrected chi connectivity index (χ4v) is 3.35. The Morgan fingerprint density at radius 1 is 0.967 bits per heavy atom. The van der Waals surface area contributed by atoms with Crippen LogP contribution in [0.5, 0.6) is 11.8 Å². The van der Waals surface area contributed by atoms with E-state index >= 15 is 0 Å². The summed E-state index contributed by atoms with van der Waals surface area (Å²) in [5.74, 6) is 0.280. The summed E-state index contributed by atoms with van der Waals surface area (Å²) in [6, 6.07) is 18.4. The van der Waals surface area contributed by atoms with Crippen molar-refractivity contribution in [3.05, 3.63) is 95.0 Å². The van der Waals surface area contributed by atoms with Crippen molar-refractivity contribution in [2.24, 2.45) is 0 Å². The van der Waals surface area contributed by atoms with Gasteiger partial charge in [0.1, 0.15) is 5.75 Å². The summed E-state index contributed by atoms with van der Waals surface area (Å²) in [4.78, 5) is 20.9. The number of rotatable bonds is 5. The number of hydrogen-bond donors (Lipinski definition) is 1. The Balaban J connectivity index is 1.52. The molecular weight excluding hydrogens is 400 g/mol. The maximum atomic E-state index is 12.8. The van der Waals surface area contributed by atoms with E-state index in [-0.39, 0.29) is 11.9 Å². The van der Waals surface area contributed by atoms with Gasteiger partial charge in [0, 0.05) is 35.2 Å². The normalized spacial score (nSPS) is 10.6. The Hall–Kier alpha value is -3.64. The van der Waals surface area contributed by atoms with Crippen molar-refractivity contribution in [1.29, 1.82) is 0 Å². The number of nitrogens with zero attached hydrogens (tertiary/aromatic N) is 3. The van der Waals surface area contributed by atoms with Crippen LogP contribution >= 0.6 is 11.6 Å². The van der Waals surface area contributed by atoms with Crippen LogP contribution in [0.4, 0.5) is 5.69 Å². The molecule has 1 amide bonds. The molecule has 7 heteroatoms. The van der Waals surface area contributed by atoms with Gasteiger partial charge in [-0.2, -0.15) is 0 Å². The number of anilines is 1. The first-order valence-electron chi connectivity index (χ1n) is 9.32. The van der Waals surface area contributed by atoms with Crippen molar-refractivity contribution < 1.29 is 9.53 Å². The zero-order valence-corrected chi connectivity index (χ0v) is 17.2. The molecular formula is C23H19ClN4O2. The molecule has 2 heterocycles. The molecule has 0 fully saturated rings. The molecule has 1 N–H and O–H groups in total. The molecule has 0 aliphatic rings. The third-order valence-corrected chi connectivity index (χ3v) is 4.92. The van der Waals surface area contributed by atoms with Gasteiger partial charge in [0.25, 0.3) is 5.91 Å². The monoisotopic (exact) mass is 418 g/mol. The topological polar surface area (TPSA) is 69.0 Å². The number of benzene rings is 2. The summed E-state index contributed by atoms with van der Waals surface area (Å²) >= 11 is 6.31. The number of halogens is 1. The zero-order chi connectivity index (χ0) is 21.1. The number of amides is 1. The molecule has 0 aliphatic carbocycles. The smallest absolute Gasteiger partial charge is 0.321 e. The summed E-state index contributed by atoms with van der Waals surface area (Å²) < 4.78 is 7.64. The van der Waals surface area contributed by atoms with Gasteiger partial charge in [-0.15, -0.1) is 0 Å². The number of carbonyl (C=O) groups is 1. The van der Waals surface area contributed by atoms with E-state index < -0.39 is 0 Å². The molecule has 2 aromatic heterocycles. The predicted molar refractivity (Wildman–Crippen MR) is 117 cm³/mol. The Morgan fingerprint density at radius 3 is 2.30 bits per heavy atom. The lowest BCUT2D eigenvalue weighted by atomic mass is 10.1. The minimum atomic E-state index is -0.288. The molecule has 0 saturated heterocycles. The third kappa shape index (κ3) is 4.18. The van der Waals surface area contributed by atoms with Gasteiger partial charge in [-0.3, -0.25) is 4.79 Å². The van der Waals surface area contributed by atoms with Gasteiger partial charge in [0.2, 0.25) is 0 Å². The van der Waals surface area contributed by atoms with E-state index in [1.54, 1.807) is 54.9 Å². The molecule has 0 bridgehead atoms. The minimum Gasteiger partial charge on any atom is -0.424 e. The highest BCUT2D eigenvalue weighted by atomic mass is 35.5. The predicted octanol–water partition coefficient (Wildman–Crippen LogP) is 5.58. The van der Waals surface area contributed by atoms with Gasteiger partial charge < -0.3 is 14.6 Å². The Bertz CT molecular complexity index is 1170. The molecule has 0 unspecified atom stereocenters. The van der Waals surface area contributed by atoms with Crippen LogP contribution in [-0.2, 0) is 0 Å². The quantitative estimate of drug-likeness (QED) is 0.459. The van der Waals surface area contributed by atoms with Crippen LogP contribution in [0.15, 0.2) is 73.1 Å². The highest BCUT2D eigenvalue weighted by molar-refractivity contribution is 6.34. The van der Waals surface area contributed by atoms with E-state index in [0.717, 1.165) is 17.1 Å². The molecule has 30 heavy (non-hydrogen) atoms. The largest absolute Gasteiger partial charge is 0.424 e. The highest BCUT2D eigenvalue weighted by Gasteiger charge is 2.14. The van der Waals surface area contributed by atoms with Crippen LogP contribution in [0.2, 0.25) is 5.02 Å².